The number of amides is 2. The summed E-state index contributed by atoms with van der Waals surface area (Å²) < 4.78 is 23.6. The molecule has 2 N–H and O–H groups in total. The van der Waals surface area contributed by atoms with Gasteiger partial charge in [-0.05, 0) is 18.2 Å². The number of aromatic nitrogens is 1. The molecule has 9 heteroatoms. The van der Waals surface area contributed by atoms with Crippen molar-refractivity contribution < 1.29 is 18.0 Å². The van der Waals surface area contributed by atoms with Gasteiger partial charge < -0.3 is 10.6 Å². The molecule has 0 aliphatic heterocycles. The van der Waals surface area contributed by atoms with Crippen molar-refractivity contribution in [2.75, 3.05) is 18.1 Å². The molecule has 7 nitrogen and oxygen atoms in total. The van der Waals surface area contributed by atoms with Crippen LogP contribution in [0.2, 0.25) is 0 Å². The predicted octanol–water partition coefficient (Wildman–Crippen LogP) is 0.774. The van der Waals surface area contributed by atoms with Crippen LogP contribution in [-0.2, 0) is 19.4 Å². The Balaban J connectivity index is 2.19. The highest BCUT2D eigenvalue weighted by molar-refractivity contribution is 7.90. The standard InChI is InChI=1S/C12H13N3O4S2/c1-7(16)13-6-11(17)15-12-14-9-4-3-8(21(2,18)19)5-10(9)20-12/h3-5H,6H2,1-2H3,(H,13,16)(H,14,15,17). The highest BCUT2D eigenvalue weighted by Gasteiger charge is 2.12. The summed E-state index contributed by atoms with van der Waals surface area (Å²) in [5.41, 5.74) is 0.599. The van der Waals surface area contributed by atoms with Gasteiger partial charge in [0.25, 0.3) is 0 Å². The van der Waals surface area contributed by atoms with Gasteiger partial charge in [0, 0.05) is 13.2 Å². The van der Waals surface area contributed by atoms with Crippen molar-refractivity contribution in [3.63, 3.8) is 0 Å². The van der Waals surface area contributed by atoms with Crippen LogP contribution in [0.1, 0.15) is 6.92 Å². The van der Waals surface area contributed by atoms with Crippen molar-refractivity contribution in [1.82, 2.24) is 10.3 Å². The molecular formula is C12H13N3O4S2. The van der Waals surface area contributed by atoms with Crippen LogP contribution in [0.4, 0.5) is 5.13 Å². The average Bonchev–Trinajstić information content (AvgIpc) is 2.76. The molecule has 0 saturated heterocycles. The van der Waals surface area contributed by atoms with Crippen LogP contribution in [-0.4, -0.2) is 38.0 Å². The van der Waals surface area contributed by atoms with E-state index < -0.39 is 15.7 Å². The summed E-state index contributed by atoms with van der Waals surface area (Å²) in [5, 5.41) is 5.28. The molecule has 0 atom stereocenters. The fraction of sp³-hybridized carbons (Fsp3) is 0.250. The minimum atomic E-state index is -3.28. The summed E-state index contributed by atoms with van der Waals surface area (Å²) in [6, 6.07) is 4.58. The van der Waals surface area contributed by atoms with Crippen LogP contribution < -0.4 is 10.6 Å². The molecule has 1 aromatic heterocycles. The molecule has 0 spiro atoms. The summed E-state index contributed by atoms with van der Waals surface area (Å²) in [4.78, 5) is 26.7. The monoisotopic (exact) mass is 327 g/mol. The van der Waals surface area contributed by atoms with E-state index in [1.54, 1.807) is 6.07 Å². The summed E-state index contributed by atoms with van der Waals surface area (Å²) in [6.45, 7) is 1.18. The van der Waals surface area contributed by atoms with E-state index in [-0.39, 0.29) is 17.3 Å². The fourth-order valence-corrected chi connectivity index (χ4v) is 3.20. The van der Waals surface area contributed by atoms with Gasteiger partial charge in [-0.25, -0.2) is 13.4 Å². The molecule has 2 amide bonds. The van der Waals surface area contributed by atoms with E-state index in [0.29, 0.717) is 15.3 Å². The van der Waals surface area contributed by atoms with Crippen LogP contribution in [0.25, 0.3) is 10.2 Å². The van der Waals surface area contributed by atoms with Crippen LogP contribution in [0.15, 0.2) is 23.1 Å². The van der Waals surface area contributed by atoms with Crippen molar-refractivity contribution >= 4 is 48.3 Å². The number of thiazole rings is 1. The minimum Gasteiger partial charge on any atom is -0.347 e. The van der Waals surface area contributed by atoms with Crippen LogP contribution >= 0.6 is 11.3 Å². The van der Waals surface area contributed by atoms with Crippen molar-refractivity contribution in [1.29, 1.82) is 0 Å². The van der Waals surface area contributed by atoms with Gasteiger partial charge >= 0.3 is 0 Å². The number of carbonyl (C=O) groups is 2. The molecule has 1 aromatic carbocycles. The molecule has 2 aromatic rings. The van der Waals surface area contributed by atoms with Crippen molar-refractivity contribution in [2.45, 2.75) is 11.8 Å². The van der Waals surface area contributed by atoms with Gasteiger partial charge in [-0.2, -0.15) is 0 Å². The maximum absolute atomic E-state index is 11.6. The van der Waals surface area contributed by atoms with E-state index in [1.807, 2.05) is 0 Å². The first-order chi connectivity index (χ1) is 9.75. The Morgan fingerprint density at radius 3 is 2.67 bits per heavy atom. The third-order valence-electron chi connectivity index (χ3n) is 2.53. The number of nitrogens with zero attached hydrogens (tertiary/aromatic N) is 1. The van der Waals surface area contributed by atoms with Crippen molar-refractivity contribution in [2.24, 2.45) is 0 Å². The second kappa shape index (κ2) is 5.78. The fourth-order valence-electron chi connectivity index (χ4n) is 1.56. The van der Waals surface area contributed by atoms with E-state index in [4.69, 9.17) is 0 Å². The van der Waals surface area contributed by atoms with Crippen LogP contribution in [0.5, 0.6) is 0 Å². The largest absolute Gasteiger partial charge is 0.347 e. The zero-order valence-electron chi connectivity index (χ0n) is 11.3. The van der Waals surface area contributed by atoms with Crippen molar-refractivity contribution in [3.05, 3.63) is 18.2 Å². The van der Waals surface area contributed by atoms with E-state index in [9.17, 15) is 18.0 Å². The maximum Gasteiger partial charge on any atom is 0.245 e. The number of hydrogen-bond donors (Lipinski definition) is 2. The number of carbonyl (C=O) groups excluding carboxylic acids is 2. The molecule has 0 aliphatic carbocycles. The minimum absolute atomic E-state index is 0.139. The highest BCUT2D eigenvalue weighted by Crippen LogP contribution is 2.28. The summed E-state index contributed by atoms with van der Waals surface area (Å²) >= 11 is 1.17. The summed E-state index contributed by atoms with van der Waals surface area (Å²) in [7, 11) is -3.28. The second-order valence-corrected chi connectivity index (χ2v) is 7.43. The second-order valence-electron chi connectivity index (χ2n) is 4.38. The smallest absolute Gasteiger partial charge is 0.245 e. The lowest BCUT2D eigenvalue weighted by atomic mass is 10.3. The van der Waals surface area contributed by atoms with Gasteiger partial charge in [-0.1, -0.05) is 11.3 Å². The molecule has 112 valence electrons. The van der Waals surface area contributed by atoms with Gasteiger partial charge in [0.05, 0.1) is 21.7 Å². The first kappa shape index (κ1) is 15.4. The van der Waals surface area contributed by atoms with Crippen LogP contribution in [0.3, 0.4) is 0 Å². The molecule has 2 rings (SSSR count). The SMILES string of the molecule is CC(=O)NCC(=O)Nc1nc2ccc(S(C)(=O)=O)cc2s1. The zero-order valence-corrected chi connectivity index (χ0v) is 13.0. The maximum atomic E-state index is 11.6. The quantitative estimate of drug-likeness (QED) is 0.863. The van der Waals surface area contributed by atoms with Gasteiger partial charge in [0.2, 0.25) is 11.8 Å². The zero-order chi connectivity index (χ0) is 15.6. The lowest BCUT2D eigenvalue weighted by Crippen LogP contribution is -2.31. The molecule has 0 aliphatic rings. The Hall–Kier alpha value is -2.00. The Bertz CT molecular complexity index is 811. The predicted molar refractivity (Wildman–Crippen MR) is 80.0 cm³/mol. The number of anilines is 1. The van der Waals surface area contributed by atoms with Crippen molar-refractivity contribution in [3.8, 4) is 0 Å². The Morgan fingerprint density at radius 1 is 1.33 bits per heavy atom. The van der Waals surface area contributed by atoms with Gasteiger partial charge in [-0.3, -0.25) is 9.59 Å². The number of fused-ring (bicyclic) bond motifs is 1. The van der Waals surface area contributed by atoms with Crippen LogP contribution in [0, 0.1) is 0 Å². The highest BCUT2D eigenvalue weighted by atomic mass is 32.2. The van der Waals surface area contributed by atoms with Gasteiger partial charge in [-0.15, -0.1) is 0 Å². The number of rotatable bonds is 4. The first-order valence-corrected chi connectivity index (χ1v) is 8.61. The molecule has 21 heavy (non-hydrogen) atoms. The van der Waals surface area contributed by atoms with E-state index in [1.165, 1.54) is 30.4 Å². The average molecular weight is 327 g/mol. The van der Waals surface area contributed by atoms with Gasteiger partial charge in [0.15, 0.2) is 15.0 Å². The van der Waals surface area contributed by atoms with E-state index in [2.05, 4.69) is 15.6 Å². The molecule has 1 heterocycles. The lowest BCUT2D eigenvalue weighted by molar-refractivity contribution is -0.122. The normalized spacial score (nSPS) is 11.3. The van der Waals surface area contributed by atoms with E-state index >= 15 is 0 Å². The lowest BCUT2D eigenvalue weighted by Gasteiger charge is -2.01. The Labute approximate surface area is 125 Å². The topological polar surface area (TPSA) is 105 Å². The van der Waals surface area contributed by atoms with Gasteiger partial charge in [0.1, 0.15) is 0 Å². The third-order valence-corrected chi connectivity index (χ3v) is 4.58. The Morgan fingerprint density at radius 2 is 2.05 bits per heavy atom. The first-order valence-electron chi connectivity index (χ1n) is 5.90. The molecule has 0 saturated carbocycles. The number of nitrogens with one attached hydrogen (secondary N) is 2. The summed E-state index contributed by atoms with van der Waals surface area (Å²) in [5.74, 6) is -0.695. The third kappa shape index (κ3) is 3.99. The molecule has 0 bridgehead atoms. The molecule has 0 fully saturated rings. The Kier molecular flexibility index (Phi) is 4.24. The number of hydrogen-bond acceptors (Lipinski definition) is 6. The van der Waals surface area contributed by atoms with E-state index in [0.717, 1.165) is 6.26 Å². The number of benzene rings is 1. The summed E-state index contributed by atoms with van der Waals surface area (Å²) in [6.07, 6.45) is 1.13. The number of sulfone groups is 1. The molecule has 0 radical (unpaired) electrons. The molecule has 0 unspecified atom stereocenters. The molecular weight excluding hydrogens is 314 g/mol.